The largest absolute Gasteiger partial charge is 0.333 e. The average molecular weight is 232 g/mol. The molecule has 88 valence electrons. The van der Waals surface area contributed by atoms with E-state index in [1.54, 1.807) is 0 Å². The molecule has 3 nitrogen and oxygen atoms in total. The summed E-state index contributed by atoms with van der Waals surface area (Å²) < 4.78 is 17.3. The van der Waals surface area contributed by atoms with Crippen molar-refractivity contribution in [1.82, 2.24) is 0 Å². The molecule has 2 aliphatic carbocycles. The van der Waals surface area contributed by atoms with E-state index in [0.717, 1.165) is 13.0 Å². The molecule has 0 saturated heterocycles. The van der Waals surface area contributed by atoms with Crippen LogP contribution >= 0.6 is 8.60 Å². The lowest BCUT2D eigenvalue weighted by atomic mass is 9.97. The van der Waals surface area contributed by atoms with Crippen LogP contribution in [0.25, 0.3) is 0 Å². The Balaban J connectivity index is 1.67. The van der Waals surface area contributed by atoms with Crippen molar-refractivity contribution in [2.45, 2.75) is 64.1 Å². The fourth-order valence-corrected chi connectivity index (χ4v) is 2.86. The zero-order chi connectivity index (χ0) is 10.5. The number of hydrogen-bond donors (Lipinski definition) is 0. The molecule has 0 bridgehead atoms. The second-order valence-electron chi connectivity index (χ2n) is 4.37. The SMILES string of the molecule is CCCOP(OC1CCC1)OC1CCC1. The van der Waals surface area contributed by atoms with Crippen LogP contribution in [0.2, 0.25) is 0 Å². The van der Waals surface area contributed by atoms with Crippen LogP contribution in [0.5, 0.6) is 0 Å². The molecular weight excluding hydrogens is 211 g/mol. The molecule has 15 heavy (non-hydrogen) atoms. The van der Waals surface area contributed by atoms with Gasteiger partial charge in [0.05, 0.1) is 18.8 Å². The van der Waals surface area contributed by atoms with Gasteiger partial charge in [-0.3, -0.25) is 0 Å². The van der Waals surface area contributed by atoms with Gasteiger partial charge in [-0.2, -0.15) is 0 Å². The minimum absolute atomic E-state index is 0.410. The highest BCUT2D eigenvalue weighted by atomic mass is 31.2. The van der Waals surface area contributed by atoms with Gasteiger partial charge in [0.2, 0.25) is 0 Å². The van der Waals surface area contributed by atoms with E-state index in [1.807, 2.05) is 0 Å². The summed E-state index contributed by atoms with van der Waals surface area (Å²) in [5.41, 5.74) is 0. The summed E-state index contributed by atoms with van der Waals surface area (Å²) in [6.07, 6.45) is 9.17. The van der Waals surface area contributed by atoms with Gasteiger partial charge in [-0.25, -0.2) is 0 Å². The normalized spacial score (nSPS) is 22.8. The van der Waals surface area contributed by atoms with E-state index in [2.05, 4.69) is 6.92 Å². The van der Waals surface area contributed by atoms with Gasteiger partial charge in [-0.15, -0.1) is 0 Å². The third kappa shape index (κ3) is 3.67. The maximum atomic E-state index is 5.82. The molecule has 0 spiro atoms. The van der Waals surface area contributed by atoms with Gasteiger partial charge in [0.25, 0.3) is 0 Å². The highest BCUT2D eigenvalue weighted by Gasteiger charge is 2.29. The highest BCUT2D eigenvalue weighted by Crippen LogP contribution is 2.48. The Morgan fingerprint density at radius 1 is 1.00 bits per heavy atom. The summed E-state index contributed by atoms with van der Waals surface area (Å²) in [5.74, 6) is 0. The molecule has 0 aromatic heterocycles. The van der Waals surface area contributed by atoms with E-state index < -0.39 is 8.60 Å². The van der Waals surface area contributed by atoms with Gasteiger partial charge >= 0.3 is 8.60 Å². The summed E-state index contributed by atoms with van der Waals surface area (Å²) in [5, 5.41) is 0. The van der Waals surface area contributed by atoms with Crippen molar-refractivity contribution >= 4 is 8.60 Å². The molecule has 2 rings (SSSR count). The first-order valence-electron chi connectivity index (χ1n) is 6.15. The van der Waals surface area contributed by atoms with Crippen LogP contribution in [0.4, 0.5) is 0 Å². The predicted octanol–water partition coefficient (Wildman–Crippen LogP) is 3.78. The molecule has 0 atom stereocenters. The molecular formula is C11H21O3P. The van der Waals surface area contributed by atoms with Crippen molar-refractivity contribution < 1.29 is 13.6 Å². The Bertz CT molecular complexity index is 165. The second-order valence-corrected chi connectivity index (χ2v) is 5.50. The Labute approximate surface area is 93.5 Å². The van der Waals surface area contributed by atoms with Gasteiger partial charge in [0.15, 0.2) is 0 Å². The van der Waals surface area contributed by atoms with Gasteiger partial charge in [-0.05, 0) is 44.9 Å². The molecule has 0 aromatic carbocycles. The maximum absolute atomic E-state index is 5.82. The van der Waals surface area contributed by atoms with Crippen LogP contribution in [-0.4, -0.2) is 18.8 Å². The summed E-state index contributed by atoms with van der Waals surface area (Å²) in [6.45, 7) is 2.87. The van der Waals surface area contributed by atoms with Crippen LogP contribution in [0.3, 0.4) is 0 Å². The fourth-order valence-electron chi connectivity index (χ4n) is 1.45. The molecule has 2 fully saturated rings. The minimum atomic E-state index is -1.05. The number of hydrogen-bond acceptors (Lipinski definition) is 3. The smallest absolute Gasteiger partial charge is 0.312 e. The van der Waals surface area contributed by atoms with Crippen LogP contribution in [-0.2, 0) is 13.6 Å². The Kier molecular flexibility index (Phi) is 4.83. The first kappa shape index (κ1) is 11.8. The van der Waals surface area contributed by atoms with E-state index in [0.29, 0.717) is 12.2 Å². The quantitative estimate of drug-likeness (QED) is 0.625. The monoisotopic (exact) mass is 232 g/mol. The summed E-state index contributed by atoms with van der Waals surface area (Å²) >= 11 is 0. The van der Waals surface area contributed by atoms with Crippen LogP contribution < -0.4 is 0 Å². The van der Waals surface area contributed by atoms with Crippen LogP contribution in [0, 0.1) is 0 Å². The molecule has 0 aliphatic heterocycles. The van der Waals surface area contributed by atoms with E-state index in [-0.39, 0.29) is 0 Å². The van der Waals surface area contributed by atoms with Crippen molar-refractivity contribution in [3.63, 3.8) is 0 Å². The van der Waals surface area contributed by atoms with Crippen molar-refractivity contribution in [3.8, 4) is 0 Å². The molecule has 2 saturated carbocycles. The minimum Gasteiger partial charge on any atom is -0.312 e. The van der Waals surface area contributed by atoms with Crippen LogP contribution in [0.1, 0.15) is 51.9 Å². The lowest BCUT2D eigenvalue weighted by Crippen LogP contribution is -2.24. The van der Waals surface area contributed by atoms with Crippen molar-refractivity contribution in [2.75, 3.05) is 6.61 Å². The highest BCUT2D eigenvalue weighted by molar-refractivity contribution is 7.41. The third-order valence-electron chi connectivity index (χ3n) is 2.98. The summed E-state index contributed by atoms with van der Waals surface area (Å²) in [6, 6.07) is 0. The zero-order valence-corrected chi connectivity index (χ0v) is 10.4. The topological polar surface area (TPSA) is 27.7 Å². The summed E-state index contributed by atoms with van der Waals surface area (Å²) in [7, 11) is -1.05. The van der Waals surface area contributed by atoms with Gasteiger partial charge in [-0.1, -0.05) is 6.92 Å². The molecule has 0 unspecified atom stereocenters. The first-order chi connectivity index (χ1) is 7.38. The third-order valence-corrected chi connectivity index (χ3v) is 4.31. The molecule has 4 heteroatoms. The Hall–Kier alpha value is 0.310. The van der Waals surface area contributed by atoms with E-state index in [1.165, 1.54) is 38.5 Å². The molecule has 0 amide bonds. The predicted molar refractivity (Wildman–Crippen MR) is 60.6 cm³/mol. The molecule has 2 aliphatic rings. The molecule has 0 aromatic rings. The van der Waals surface area contributed by atoms with Crippen molar-refractivity contribution in [2.24, 2.45) is 0 Å². The Morgan fingerprint density at radius 2 is 1.53 bits per heavy atom. The fraction of sp³-hybridized carbons (Fsp3) is 1.00. The first-order valence-corrected chi connectivity index (χ1v) is 7.24. The zero-order valence-electron chi connectivity index (χ0n) is 9.48. The van der Waals surface area contributed by atoms with Crippen molar-refractivity contribution in [1.29, 1.82) is 0 Å². The standard InChI is InChI=1S/C11H21O3P/c1-2-9-12-15(13-10-5-3-6-10)14-11-7-4-8-11/h10-11H,2-9H2,1H3. The second kappa shape index (κ2) is 6.15. The molecule has 0 N–H and O–H groups in total. The van der Waals surface area contributed by atoms with Crippen molar-refractivity contribution in [3.05, 3.63) is 0 Å². The molecule has 0 radical (unpaired) electrons. The summed E-state index contributed by atoms with van der Waals surface area (Å²) in [4.78, 5) is 0. The van der Waals surface area contributed by atoms with E-state index in [9.17, 15) is 0 Å². The lowest BCUT2D eigenvalue weighted by molar-refractivity contribution is 0.0346. The van der Waals surface area contributed by atoms with Crippen LogP contribution in [0.15, 0.2) is 0 Å². The van der Waals surface area contributed by atoms with Gasteiger partial charge in [0.1, 0.15) is 0 Å². The molecule has 0 heterocycles. The lowest BCUT2D eigenvalue weighted by Gasteiger charge is -2.33. The Morgan fingerprint density at radius 3 is 1.87 bits per heavy atom. The average Bonchev–Trinajstić information content (AvgIpc) is 2.11. The van der Waals surface area contributed by atoms with Gasteiger partial charge in [0, 0.05) is 0 Å². The van der Waals surface area contributed by atoms with E-state index >= 15 is 0 Å². The van der Waals surface area contributed by atoms with E-state index in [4.69, 9.17) is 13.6 Å². The number of rotatable bonds is 7. The van der Waals surface area contributed by atoms with Gasteiger partial charge < -0.3 is 13.6 Å². The maximum Gasteiger partial charge on any atom is 0.333 e.